The molecular formula is C19H46N3O5P. The number of nitrogens with one attached hydrogen (secondary N) is 1. The van der Waals surface area contributed by atoms with Gasteiger partial charge >= 0.3 is 13.6 Å². The Morgan fingerprint density at radius 1 is 0.786 bits per heavy atom. The molecule has 0 bridgehead atoms. The molecule has 0 aromatic rings. The Bertz CT molecular complexity index is 328. The highest BCUT2D eigenvalue weighted by Gasteiger charge is 2.11. The van der Waals surface area contributed by atoms with Crippen molar-refractivity contribution < 1.29 is 24.3 Å². The van der Waals surface area contributed by atoms with Gasteiger partial charge in [-0.1, -0.05) is 78.1 Å². The molecule has 0 fully saturated rings. The molecule has 0 unspecified atom stereocenters. The van der Waals surface area contributed by atoms with Gasteiger partial charge in [-0.05, 0) is 25.9 Å². The van der Waals surface area contributed by atoms with E-state index in [0.29, 0.717) is 0 Å². The van der Waals surface area contributed by atoms with Crippen LogP contribution in [0.2, 0.25) is 0 Å². The molecule has 0 radical (unpaired) electrons. The Kier molecular flexibility index (Phi) is 30.4. The summed E-state index contributed by atoms with van der Waals surface area (Å²) in [5, 5.41) is 10.1. The summed E-state index contributed by atoms with van der Waals surface area (Å²) < 4.78 is 10.1. The maximum Gasteiger partial charge on any atom is 0.339 e. The summed E-state index contributed by atoms with van der Waals surface area (Å²) in [4.78, 5) is 26.1. The van der Waals surface area contributed by atoms with Crippen molar-refractivity contribution in [3.05, 3.63) is 0 Å². The highest BCUT2D eigenvalue weighted by Crippen LogP contribution is 2.31. The van der Waals surface area contributed by atoms with Gasteiger partial charge in [0.15, 0.2) is 0 Å². The topological polar surface area (TPSA) is 159 Å². The van der Waals surface area contributed by atoms with Crippen LogP contribution in [-0.4, -0.2) is 46.8 Å². The zero-order valence-electron chi connectivity index (χ0n) is 18.1. The van der Waals surface area contributed by atoms with E-state index in [1.165, 1.54) is 77.0 Å². The van der Waals surface area contributed by atoms with Gasteiger partial charge in [-0.3, -0.25) is 14.7 Å². The minimum Gasteiger partial charge on any atom is -0.480 e. The van der Waals surface area contributed by atoms with Gasteiger partial charge < -0.3 is 26.4 Å². The van der Waals surface area contributed by atoms with Gasteiger partial charge in [0.1, 0.15) is 0 Å². The molecule has 9 heteroatoms. The van der Waals surface area contributed by atoms with Crippen molar-refractivity contribution in [1.82, 2.24) is 5.32 Å². The molecule has 28 heavy (non-hydrogen) atoms. The monoisotopic (exact) mass is 427 g/mol. The Morgan fingerprint density at radius 3 is 1.43 bits per heavy atom. The fourth-order valence-electron chi connectivity index (χ4n) is 2.16. The first-order valence-corrected chi connectivity index (χ1v) is 12.4. The average molecular weight is 428 g/mol. The van der Waals surface area contributed by atoms with Crippen LogP contribution in [0.3, 0.4) is 0 Å². The third-order valence-corrected chi connectivity index (χ3v) is 4.34. The van der Waals surface area contributed by atoms with E-state index < -0.39 is 26.4 Å². The van der Waals surface area contributed by atoms with E-state index in [0.717, 1.165) is 13.1 Å². The summed E-state index contributed by atoms with van der Waals surface area (Å²) in [5.41, 5.74) is 10.7. The van der Waals surface area contributed by atoms with Gasteiger partial charge in [-0.15, -0.1) is 0 Å². The normalized spacial score (nSPS) is 10.5. The van der Waals surface area contributed by atoms with Crippen LogP contribution >= 0.6 is 7.60 Å². The zero-order valence-corrected chi connectivity index (χ0v) is 19.0. The van der Waals surface area contributed by atoms with E-state index >= 15 is 0 Å². The second kappa shape index (κ2) is 26.5. The summed E-state index contributed by atoms with van der Waals surface area (Å²) in [6, 6.07) is 0. The van der Waals surface area contributed by atoms with E-state index in [4.69, 9.17) is 26.4 Å². The van der Waals surface area contributed by atoms with Crippen molar-refractivity contribution in [2.75, 3.05) is 25.9 Å². The lowest BCUT2D eigenvalue weighted by Crippen LogP contribution is -2.23. The molecule has 0 rings (SSSR count). The number of carboxylic acids is 1. The molecule has 172 valence electrons. The van der Waals surface area contributed by atoms with Crippen LogP contribution in [0.25, 0.3) is 0 Å². The summed E-state index contributed by atoms with van der Waals surface area (Å²) >= 11 is 0. The highest BCUT2D eigenvalue weighted by molar-refractivity contribution is 7.51. The number of unbranched alkanes of at least 4 members (excludes halogenated alkanes) is 10. The first kappa shape index (κ1) is 32.2. The van der Waals surface area contributed by atoms with Gasteiger partial charge in [-0.2, -0.15) is 0 Å². The molecule has 0 aliphatic heterocycles. The van der Waals surface area contributed by atoms with E-state index in [9.17, 15) is 9.36 Å². The highest BCUT2D eigenvalue weighted by atomic mass is 31.2. The van der Waals surface area contributed by atoms with Gasteiger partial charge in [0, 0.05) is 0 Å². The van der Waals surface area contributed by atoms with Crippen LogP contribution in [0.4, 0.5) is 0 Å². The number of rotatable bonds is 16. The molecule has 8 nitrogen and oxygen atoms in total. The first-order valence-electron chi connectivity index (χ1n) is 10.6. The summed E-state index contributed by atoms with van der Waals surface area (Å²) in [6.07, 6.45) is 15.5. The molecule has 0 atom stereocenters. The Morgan fingerprint density at radius 2 is 1.14 bits per heavy atom. The Balaban J connectivity index is -0.000000336. The van der Waals surface area contributed by atoms with Crippen LogP contribution in [0.1, 0.15) is 90.9 Å². The van der Waals surface area contributed by atoms with Gasteiger partial charge in [0.2, 0.25) is 0 Å². The quantitative estimate of drug-likeness (QED) is 0.161. The first-order chi connectivity index (χ1) is 13.2. The maximum absolute atomic E-state index is 10.1. The van der Waals surface area contributed by atoms with Crippen LogP contribution in [-0.2, 0) is 9.36 Å². The SMILES string of the molecule is CCCCCCCCN.CCCCCCCCN.O=C(O)CNCP(=O)(O)O. The van der Waals surface area contributed by atoms with Gasteiger partial charge in [0.25, 0.3) is 0 Å². The minimum atomic E-state index is -4.10. The standard InChI is InChI=1S/2C8H19N.C3H8NO5P/c2*1-2-3-4-5-6-7-8-9;5-3(6)1-4-2-10(7,8)9/h2*2-9H2,1H3;4H,1-2H2,(H,5,6)(H2,7,8,9). The van der Waals surface area contributed by atoms with E-state index in [-0.39, 0.29) is 0 Å². The third-order valence-electron chi connectivity index (χ3n) is 3.71. The number of carboxylic acid groups (broad SMARTS) is 1. The summed E-state index contributed by atoms with van der Waals surface area (Å²) in [5.74, 6) is -1.14. The number of carbonyl (C=O) groups is 1. The lowest BCUT2D eigenvalue weighted by molar-refractivity contribution is -0.135. The molecule has 8 N–H and O–H groups in total. The fourth-order valence-corrected chi connectivity index (χ4v) is 2.56. The van der Waals surface area contributed by atoms with Crippen LogP contribution in [0.5, 0.6) is 0 Å². The van der Waals surface area contributed by atoms with E-state index in [1.54, 1.807) is 0 Å². The molecule has 0 saturated carbocycles. The van der Waals surface area contributed by atoms with Crippen molar-refractivity contribution in [2.45, 2.75) is 90.9 Å². The largest absolute Gasteiger partial charge is 0.480 e. The molecule has 0 aliphatic rings. The molecular weight excluding hydrogens is 381 g/mol. The molecule has 0 aromatic carbocycles. The van der Waals surface area contributed by atoms with Crippen LogP contribution < -0.4 is 16.8 Å². The Labute approximate surface area is 172 Å². The molecule has 0 heterocycles. The van der Waals surface area contributed by atoms with Crippen molar-refractivity contribution in [3.8, 4) is 0 Å². The summed E-state index contributed by atoms with van der Waals surface area (Å²) in [7, 11) is -4.10. The summed E-state index contributed by atoms with van der Waals surface area (Å²) in [6.45, 7) is 5.77. The maximum atomic E-state index is 10.1. The Hall–Kier alpha value is -0.500. The smallest absolute Gasteiger partial charge is 0.339 e. The van der Waals surface area contributed by atoms with Crippen molar-refractivity contribution >= 4 is 13.6 Å². The van der Waals surface area contributed by atoms with Crippen molar-refractivity contribution in [2.24, 2.45) is 11.5 Å². The third kappa shape index (κ3) is 44.7. The lowest BCUT2D eigenvalue weighted by Gasteiger charge is -2.02. The second-order valence-electron chi connectivity index (χ2n) is 6.76. The van der Waals surface area contributed by atoms with E-state index in [1.807, 2.05) is 0 Å². The van der Waals surface area contributed by atoms with Gasteiger partial charge in [0.05, 0.1) is 12.8 Å². The second-order valence-corrected chi connectivity index (χ2v) is 8.40. The van der Waals surface area contributed by atoms with Crippen molar-refractivity contribution in [1.29, 1.82) is 0 Å². The number of hydrogen-bond acceptors (Lipinski definition) is 5. The molecule has 0 aromatic heterocycles. The van der Waals surface area contributed by atoms with E-state index in [2.05, 4.69) is 19.2 Å². The molecule has 0 saturated heterocycles. The minimum absolute atomic E-state index is 0.439. The average Bonchev–Trinajstić information content (AvgIpc) is 2.61. The molecule has 0 spiro atoms. The predicted molar refractivity (Wildman–Crippen MR) is 117 cm³/mol. The molecule has 0 aliphatic carbocycles. The predicted octanol–water partition coefficient (Wildman–Crippen LogP) is 3.41. The molecule has 0 amide bonds. The van der Waals surface area contributed by atoms with Crippen LogP contribution in [0.15, 0.2) is 0 Å². The van der Waals surface area contributed by atoms with Crippen molar-refractivity contribution in [3.63, 3.8) is 0 Å². The fraction of sp³-hybridized carbons (Fsp3) is 0.947. The number of hydrogen-bond donors (Lipinski definition) is 6. The number of nitrogens with two attached hydrogens (primary N) is 2. The van der Waals surface area contributed by atoms with Gasteiger partial charge in [-0.25, -0.2) is 0 Å². The van der Waals surface area contributed by atoms with Crippen LogP contribution in [0, 0.1) is 0 Å². The zero-order chi connectivity index (χ0) is 22.1. The number of aliphatic carboxylic acids is 1. The lowest BCUT2D eigenvalue weighted by atomic mass is 10.1.